The van der Waals surface area contributed by atoms with Crippen molar-refractivity contribution in [2.45, 2.75) is 76.4 Å². The Labute approximate surface area is 180 Å². The topological polar surface area (TPSA) is 83.6 Å². The van der Waals surface area contributed by atoms with Gasteiger partial charge in [0.1, 0.15) is 16.9 Å². The lowest BCUT2D eigenvalue weighted by Crippen LogP contribution is -2.15. The molecule has 0 spiro atoms. The van der Waals surface area contributed by atoms with Gasteiger partial charge in [-0.25, -0.2) is 0 Å². The number of amides is 1. The Morgan fingerprint density at radius 3 is 2.83 bits per heavy atom. The fourth-order valence-electron chi connectivity index (χ4n) is 3.99. The number of carbonyl (C=O) groups excluding carboxylic acids is 1. The van der Waals surface area contributed by atoms with E-state index in [0.717, 1.165) is 42.2 Å². The minimum absolute atomic E-state index is 0.0941. The second-order valence-electron chi connectivity index (χ2n) is 8.25. The highest BCUT2D eigenvalue weighted by molar-refractivity contribution is 7.99. The summed E-state index contributed by atoms with van der Waals surface area (Å²) < 4.78 is 2.16. The molecule has 4 rings (SSSR count). The van der Waals surface area contributed by atoms with Crippen LogP contribution >= 0.6 is 23.1 Å². The first-order valence-electron chi connectivity index (χ1n) is 10.4. The molecule has 8 heteroatoms. The molecule has 1 atom stereocenters. The van der Waals surface area contributed by atoms with Crippen LogP contribution in [0.2, 0.25) is 0 Å². The molecular weight excluding hydrogens is 402 g/mol. The SMILES string of the molecule is CCC1CCc2c(sc(NC(=O)CSc3nnc(C4CC4)n3C(C)C)c2C#N)C1. The Balaban J connectivity index is 1.44. The van der Waals surface area contributed by atoms with Gasteiger partial charge in [-0.3, -0.25) is 4.79 Å². The maximum atomic E-state index is 12.6. The molecule has 1 fully saturated rings. The summed E-state index contributed by atoms with van der Waals surface area (Å²) in [4.78, 5) is 13.9. The van der Waals surface area contributed by atoms with Crippen molar-refractivity contribution in [2.24, 2.45) is 5.92 Å². The molecule has 2 aromatic rings. The monoisotopic (exact) mass is 429 g/mol. The molecule has 1 unspecified atom stereocenters. The van der Waals surface area contributed by atoms with E-state index in [0.29, 0.717) is 22.4 Å². The van der Waals surface area contributed by atoms with Crippen molar-refractivity contribution in [3.8, 4) is 6.07 Å². The molecule has 29 heavy (non-hydrogen) atoms. The number of thiophene rings is 1. The van der Waals surface area contributed by atoms with E-state index in [1.165, 1.54) is 29.5 Å². The van der Waals surface area contributed by atoms with Gasteiger partial charge in [0.25, 0.3) is 0 Å². The molecule has 0 radical (unpaired) electrons. The van der Waals surface area contributed by atoms with Crippen LogP contribution in [0.15, 0.2) is 5.16 Å². The lowest BCUT2D eigenvalue weighted by atomic mass is 9.86. The molecular formula is C21H27N5OS2. The molecule has 0 saturated heterocycles. The smallest absolute Gasteiger partial charge is 0.235 e. The summed E-state index contributed by atoms with van der Waals surface area (Å²) in [6.07, 6.45) is 6.61. The first kappa shape index (κ1) is 20.4. The Bertz CT molecular complexity index is 951. The lowest BCUT2D eigenvalue weighted by molar-refractivity contribution is -0.113. The largest absolute Gasteiger partial charge is 0.316 e. The third-order valence-electron chi connectivity index (χ3n) is 5.79. The summed E-state index contributed by atoms with van der Waals surface area (Å²) in [5, 5.41) is 22.8. The van der Waals surface area contributed by atoms with Crippen molar-refractivity contribution < 1.29 is 4.79 Å². The summed E-state index contributed by atoms with van der Waals surface area (Å²) in [7, 11) is 0. The van der Waals surface area contributed by atoms with Gasteiger partial charge in [-0.05, 0) is 57.4 Å². The normalized spacial score (nSPS) is 18.5. The molecule has 1 N–H and O–H groups in total. The van der Waals surface area contributed by atoms with Gasteiger partial charge in [0, 0.05) is 16.8 Å². The van der Waals surface area contributed by atoms with Crippen LogP contribution in [0.25, 0.3) is 0 Å². The van der Waals surface area contributed by atoms with E-state index in [1.54, 1.807) is 11.3 Å². The van der Waals surface area contributed by atoms with Crippen molar-refractivity contribution in [3.63, 3.8) is 0 Å². The Kier molecular flexibility index (Phi) is 5.98. The molecule has 6 nitrogen and oxygen atoms in total. The maximum absolute atomic E-state index is 12.6. The number of nitrogens with zero attached hydrogens (tertiary/aromatic N) is 4. The van der Waals surface area contributed by atoms with Crippen molar-refractivity contribution in [3.05, 3.63) is 21.8 Å². The summed E-state index contributed by atoms with van der Waals surface area (Å²) in [5.74, 6) is 2.43. The van der Waals surface area contributed by atoms with Crippen LogP contribution in [0.1, 0.15) is 80.2 Å². The fraction of sp³-hybridized carbons (Fsp3) is 0.619. The third kappa shape index (κ3) is 4.22. The van der Waals surface area contributed by atoms with Gasteiger partial charge in [-0.15, -0.1) is 21.5 Å². The number of thioether (sulfide) groups is 1. The minimum atomic E-state index is -0.0941. The third-order valence-corrected chi connectivity index (χ3v) is 7.90. The Morgan fingerprint density at radius 1 is 1.38 bits per heavy atom. The van der Waals surface area contributed by atoms with E-state index >= 15 is 0 Å². The summed E-state index contributed by atoms with van der Waals surface area (Å²) in [5.41, 5.74) is 1.82. The fourth-order valence-corrected chi connectivity index (χ4v) is 6.20. The van der Waals surface area contributed by atoms with Gasteiger partial charge in [0.15, 0.2) is 5.16 Å². The number of rotatable bonds is 7. The average Bonchev–Trinajstić information content (AvgIpc) is 3.36. The van der Waals surface area contributed by atoms with Crippen molar-refractivity contribution in [1.82, 2.24) is 14.8 Å². The molecule has 0 aliphatic heterocycles. The van der Waals surface area contributed by atoms with Gasteiger partial charge < -0.3 is 9.88 Å². The number of fused-ring (bicyclic) bond motifs is 1. The van der Waals surface area contributed by atoms with Crippen molar-refractivity contribution in [2.75, 3.05) is 11.1 Å². The second-order valence-corrected chi connectivity index (χ2v) is 10.3. The highest BCUT2D eigenvalue weighted by Crippen LogP contribution is 2.42. The van der Waals surface area contributed by atoms with Crippen molar-refractivity contribution in [1.29, 1.82) is 5.26 Å². The number of carbonyl (C=O) groups is 1. The van der Waals surface area contributed by atoms with Crippen molar-refractivity contribution >= 4 is 34.0 Å². The predicted octanol–water partition coefficient (Wildman–Crippen LogP) is 4.92. The summed E-state index contributed by atoms with van der Waals surface area (Å²) in [6.45, 7) is 6.47. The van der Waals surface area contributed by atoms with E-state index in [4.69, 9.17) is 0 Å². The van der Waals surface area contributed by atoms with E-state index in [-0.39, 0.29) is 17.7 Å². The zero-order chi connectivity index (χ0) is 20.5. The molecule has 2 aliphatic rings. The number of aromatic nitrogens is 3. The van der Waals surface area contributed by atoms with Crippen LogP contribution < -0.4 is 5.32 Å². The number of anilines is 1. The molecule has 0 bridgehead atoms. The van der Waals surface area contributed by atoms with Gasteiger partial charge in [-0.1, -0.05) is 25.1 Å². The molecule has 2 heterocycles. The Hall–Kier alpha value is -1.85. The average molecular weight is 430 g/mol. The molecule has 1 amide bonds. The first-order chi connectivity index (χ1) is 14.0. The standard InChI is InChI=1S/C21H27N5OS2/c1-4-13-5-8-15-16(10-22)20(29-17(15)9-13)23-18(27)11-28-21-25-24-19(14-6-7-14)26(21)12(2)3/h12-14H,4-9,11H2,1-3H3,(H,23,27). The van der Waals surface area contributed by atoms with E-state index in [9.17, 15) is 10.1 Å². The van der Waals surface area contributed by atoms with Crippen LogP contribution in [-0.4, -0.2) is 26.4 Å². The molecule has 1 saturated carbocycles. The number of hydrogen-bond acceptors (Lipinski definition) is 6. The van der Waals surface area contributed by atoms with Gasteiger partial charge in [-0.2, -0.15) is 5.26 Å². The van der Waals surface area contributed by atoms with Crippen LogP contribution in [-0.2, 0) is 17.6 Å². The quantitative estimate of drug-likeness (QED) is 0.632. The molecule has 2 aromatic heterocycles. The van der Waals surface area contributed by atoms with E-state index in [1.807, 2.05) is 0 Å². The van der Waals surface area contributed by atoms with Crippen LogP contribution in [0.3, 0.4) is 0 Å². The predicted molar refractivity (Wildman–Crippen MR) is 117 cm³/mol. The van der Waals surface area contributed by atoms with Crippen LogP contribution in [0.5, 0.6) is 0 Å². The van der Waals surface area contributed by atoms with Crippen LogP contribution in [0, 0.1) is 17.2 Å². The first-order valence-corrected chi connectivity index (χ1v) is 12.2. The summed E-state index contributed by atoms with van der Waals surface area (Å²) >= 11 is 3.00. The maximum Gasteiger partial charge on any atom is 0.235 e. The number of nitriles is 1. The highest BCUT2D eigenvalue weighted by atomic mass is 32.2. The number of hydrogen-bond donors (Lipinski definition) is 1. The molecule has 0 aromatic carbocycles. The Morgan fingerprint density at radius 2 is 2.17 bits per heavy atom. The van der Waals surface area contributed by atoms with E-state index < -0.39 is 0 Å². The molecule has 154 valence electrons. The zero-order valence-corrected chi connectivity index (χ0v) is 18.8. The van der Waals surface area contributed by atoms with Crippen LogP contribution in [0.4, 0.5) is 5.00 Å². The highest BCUT2D eigenvalue weighted by Gasteiger charge is 2.31. The van der Waals surface area contributed by atoms with Gasteiger partial charge >= 0.3 is 0 Å². The van der Waals surface area contributed by atoms with Gasteiger partial charge in [0.2, 0.25) is 5.91 Å². The lowest BCUT2D eigenvalue weighted by Gasteiger charge is -2.20. The van der Waals surface area contributed by atoms with Gasteiger partial charge in [0.05, 0.1) is 11.3 Å². The van der Waals surface area contributed by atoms with E-state index in [2.05, 4.69) is 46.9 Å². The number of nitrogens with one attached hydrogen (secondary N) is 1. The zero-order valence-electron chi connectivity index (χ0n) is 17.2. The second kappa shape index (κ2) is 8.49. The molecule has 2 aliphatic carbocycles. The summed E-state index contributed by atoms with van der Waals surface area (Å²) in [6, 6.07) is 2.60. The minimum Gasteiger partial charge on any atom is -0.316 e.